The lowest BCUT2D eigenvalue weighted by Gasteiger charge is -2.19. The summed E-state index contributed by atoms with van der Waals surface area (Å²) in [5, 5.41) is 3.11. The lowest BCUT2D eigenvalue weighted by Crippen LogP contribution is -2.32. The van der Waals surface area contributed by atoms with Crippen molar-refractivity contribution in [1.82, 2.24) is 5.32 Å². The van der Waals surface area contributed by atoms with Gasteiger partial charge in [0.05, 0.1) is 6.10 Å². The Kier molecular flexibility index (Phi) is 3.11. The first-order valence-electron chi connectivity index (χ1n) is 3.31. The molecule has 0 spiro atoms. The molecule has 60 valence electrons. The molecule has 1 rings (SSSR count). The summed E-state index contributed by atoms with van der Waals surface area (Å²) >= 11 is 0. The third-order valence-electron chi connectivity index (χ3n) is 1.52. The number of rotatable bonds is 2. The molecule has 0 aromatic carbocycles. The Morgan fingerprint density at radius 1 is 1.30 bits per heavy atom. The molecule has 4 nitrogen and oxygen atoms in total. The van der Waals surface area contributed by atoms with Gasteiger partial charge in [-0.2, -0.15) is 0 Å². The minimum atomic E-state index is -2.65. The van der Waals surface area contributed by atoms with E-state index in [-0.39, 0.29) is 6.10 Å². The van der Waals surface area contributed by atoms with Crippen LogP contribution in [-0.4, -0.2) is 27.6 Å². The summed E-state index contributed by atoms with van der Waals surface area (Å²) in [5.41, 5.74) is 0. The van der Waals surface area contributed by atoms with Crippen molar-refractivity contribution in [2.45, 2.75) is 18.9 Å². The summed E-state index contributed by atoms with van der Waals surface area (Å²) in [6.07, 6.45) is 1.51. The molecule has 1 fully saturated rings. The normalized spacial score (nSPS) is 21.7. The minimum Gasteiger partial charge on any atom is -0.317 e. The molecule has 1 aliphatic rings. The molecule has 0 aliphatic carbocycles. The predicted molar refractivity (Wildman–Crippen MR) is 37.3 cm³/mol. The van der Waals surface area contributed by atoms with Gasteiger partial charge in [0.1, 0.15) is 0 Å². The highest BCUT2D eigenvalue weighted by Gasteiger charge is 2.13. The Bertz CT molecular complexity index is 154. The van der Waals surface area contributed by atoms with Crippen LogP contribution >= 0.6 is 0 Å². The fraction of sp³-hybridized carbons (Fsp3) is 1.00. The highest BCUT2D eigenvalue weighted by molar-refractivity contribution is 7.67. The van der Waals surface area contributed by atoms with Gasteiger partial charge in [-0.1, -0.05) is 0 Å². The highest BCUT2D eigenvalue weighted by atomic mass is 32.2. The van der Waals surface area contributed by atoms with Crippen molar-refractivity contribution in [2.24, 2.45) is 0 Å². The Morgan fingerprint density at radius 2 is 1.90 bits per heavy atom. The van der Waals surface area contributed by atoms with Crippen molar-refractivity contribution in [1.29, 1.82) is 0 Å². The van der Waals surface area contributed by atoms with Crippen LogP contribution in [0.4, 0.5) is 0 Å². The molecular weight excluding hydrogens is 154 g/mol. The predicted octanol–water partition coefficient (Wildman–Crippen LogP) is -0.719. The maximum Gasteiger partial charge on any atom is 0.257 e. The smallest absolute Gasteiger partial charge is 0.257 e. The minimum absolute atomic E-state index is 0.0811. The van der Waals surface area contributed by atoms with Crippen molar-refractivity contribution >= 4 is 11.0 Å². The fourth-order valence-electron chi connectivity index (χ4n) is 1.02. The molecule has 0 unspecified atom stereocenters. The van der Waals surface area contributed by atoms with Gasteiger partial charge in [-0.3, -0.25) is 4.18 Å². The monoisotopic (exact) mass is 165 g/mol. The lowest BCUT2D eigenvalue weighted by atomic mass is 10.1. The SMILES string of the molecule is O=[SH](=O)OC1CCNCC1. The van der Waals surface area contributed by atoms with E-state index in [1.165, 1.54) is 0 Å². The topological polar surface area (TPSA) is 55.4 Å². The zero-order valence-electron chi connectivity index (χ0n) is 5.58. The molecule has 0 bridgehead atoms. The van der Waals surface area contributed by atoms with Crippen molar-refractivity contribution < 1.29 is 12.6 Å². The third kappa shape index (κ3) is 2.64. The van der Waals surface area contributed by atoms with Gasteiger partial charge in [0.2, 0.25) is 0 Å². The van der Waals surface area contributed by atoms with Gasteiger partial charge < -0.3 is 5.32 Å². The van der Waals surface area contributed by atoms with Crippen molar-refractivity contribution in [3.05, 3.63) is 0 Å². The number of hydrogen-bond acceptors (Lipinski definition) is 4. The van der Waals surface area contributed by atoms with Gasteiger partial charge in [-0.05, 0) is 25.9 Å². The second-order valence-electron chi connectivity index (χ2n) is 2.28. The molecule has 0 amide bonds. The number of nitrogens with one attached hydrogen (secondary N) is 1. The van der Waals surface area contributed by atoms with E-state index in [1.54, 1.807) is 0 Å². The van der Waals surface area contributed by atoms with E-state index in [1.807, 2.05) is 0 Å². The van der Waals surface area contributed by atoms with Gasteiger partial charge in [0, 0.05) is 0 Å². The third-order valence-corrected chi connectivity index (χ3v) is 1.99. The maximum absolute atomic E-state index is 10.1. The van der Waals surface area contributed by atoms with E-state index in [9.17, 15) is 8.42 Å². The molecule has 0 atom stereocenters. The van der Waals surface area contributed by atoms with E-state index < -0.39 is 11.0 Å². The van der Waals surface area contributed by atoms with Crippen LogP contribution in [0.15, 0.2) is 0 Å². The molecule has 0 aromatic heterocycles. The van der Waals surface area contributed by atoms with Gasteiger partial charge in [0.25, 0.3) is 11.0 Å². The number of piperidine rings is 1. The molecular formula is C5H11NO3S. The van der Waals surface area contributed by atoms with Crippen molar-refractivity contribution in [3.63, 3.8) is 0 Å². The quantitative estimate of drug-likeness (QED) is 0.530. The van der Waals surface area contributed by atoms with E-state index in [2.05, 4.69) is 9.50 Å². The highest BCUT2D eigenvalue weighted by Crippen LogP contribution is 2.06. The second-order valence-corrected chi connectivity index (χ2v) is 2.94. The van der Waals surface area contributed by atoms with Crippen LogP contribution in [0.5, 0.6) is 0 Å². The van der Waals surface area contributed by atoms with Crippen LogP contribution in [0.3, 0.4) is 0 Å². The van der Waals surface area contributed by atoms with E-state index >= 15 is 0 Å². The first-order chi connectivity index (χ1) is 4.79. The zero-order valence-corrected chi connectivity index (χ0v) is 6.47. The summed E-state index contributed by atoms with van der Waals surface area (Å²) in [7, 11) is -2.65. The summed E-state index contributed by atoms with van der Waals surface area (Å²) in [5.74, 6) is 0. The Labute approximate surface area is 61.7 Å². The van der Waals surface area contributed by atoms with Crippen LogP contribution in [0.25, 0.3) is 0 Å². The Hall–Kier alpha value is -0.130. The lowest BCUT2D eigenvalue weighted by molar-refractivity contribution is 0.177. The summed E-state index contributed by atoms with van der Waals surface area (Å²) in [6.45, 7) is 1.71. The van der Waals surface area contributed by atoms with Gasteiger partial charge in [-0.25, -0.2) is 8.42 Å². The first kappa shape index (κ1) is 7.97. The standard InChI is InChI=1S/C5H11NO3S/c7-10(8)9-5-1-3-6-4-2-5/h5-6,10H,1-4H2. The van der Waals surface area contributed by atoms with E-state index in [0.717, 1.165) is 25.9 Å². The fourth-order valence-corrected chi connectivity index (χ4v) is 1.48. The summed E-state index contributed by atoms with van der Waals surface area (Å²) in [4.78, 5) is 0. The van der Waals surface area contributed by atoms with Crippen LogP contribution in [0, 0.1) is 0 Å². The molecule has 1 N–H and O–H groups in total. The van der Waals surface area contributed by atoms with Crippen molar-refractivity contribution in [2.75, 3.05) is 13.1 Å². The van der Waals surface area contributed by atoms with E-state index in [4.69, 9.17) is 0 Å². The Balaban J connectivity index is 2.26. The molecule has 1 saturated heterocycles. The molecule has 0 aromatic rings. The van der Waals surface area contributed by atoms with E-state index in [0.29, 0.717) is 0 Å². The van der Waals surface area contributed by atoms with Crippen LogP contribution in [0.2, 0.25) is 0 Å². The molecule has 0 radical (unpaired) electrons. The Morgan fingerprint density at radius 3 is 2.40 bits per heavy atom. The molecule has 5 heteroatoms. The second kappa shape index (κ2) is 3.90. The van der Waals surface area contributed by atoms with Gasteiger partial charge >= 0.3 is 0 Å². The summed E-state index contributed by atoms with van der Waals surface area (Å²) in [6, 6.07) is 0. The molecule has 1 aliphatic heterocycles. The molecule has 1 heterocycles. The molecule has 10 heavy (non-hydrogen) atoms. The van der Waals surface area contributed by atoms with Crippen LogP contribution in [0.1, 0.15) is 12.8 Å². The van der Waals surface area contributed by atoms with Gasteiger partial charge in [0.15, 0.2) is 0 Å². The van der Waals surface area contributed by atoms with Crippen LogP contribution in [-0.2, 0) is 15.2 Å². The zero-order chi connectivity index (χ0) is 7.40. The average Bonchev–Trinajstić information content (AvgIpc) is 1.88. The number of thiol groups is 1. The van der Waals surface area contributed by atoms with Crippen molar-refractivity contribution in [3.8, 4) is 0 Å². The number of hydrogen-bond donors (Lipinski definition) is 2. The maximum atomic E-state index is 10.1. The average molecular weight is 165 g/mol. The molecule has 0 saturated carbocycles. The largest absolute Gasteiger partial charge is 0.317 e. The summed E-state index contributed by atoms with van der Waals surface area (Å²) < 4.78 is 24.7. The van der Waals surface area contributed by atoms with Gasteiger partial charge in [-0.15, -0.1) is 0 Å². The first-order valence-corrected chi connectivity index (χ1v) is 4.40. The van der Waals surface area contributed by atoms with Crippen LogP contribution < -0.4 is 5.32 Å².